The molecule has 23 heavy (non-hydrogen) atoms. The predicted octanol–water partition coefficient (Wildman–Crippen LogP) is 3.56. The number of nitrogens with zero attached hydrogens (tertiary/aromatic N) is 2. The molecule has 0 amide bonds. The van der Waals surface area contributed by atoms with Gasteiger partial charge >= 0.3 is 5.97 Å². The van der Waals surface area contributed by atoms with Gasteiger partial charge in [-0.25, -0.2) is 0 Å². The molecule has 0 saturated carbocycles. The standard InChI is InChI=1S/C19H24N2O2/c1-19(2,18(22)23)16-7-10-21(11-8-16)13-15-5-3-4-14-12-20-9-6-17(14)15/h3-6,9,12,16H,7-8,10-11,13H2,1-2H3,(H,22,23). The minimum Gasteiger partial charge on any atom is -0.481 e. The van der Waals surface area contributed by atoms with Crippen molar-refractivity contribution in [2.45, 2.75) is 33.2 Å². The number of aliphatic carboxylic acids is 1. The lowest BCUT2D eigenvalue weighted by atomic mass is 9.73. The Bertz CT molecular complexity index is 698. The van der Waals surface area contributed by atoms with Crippen LogP contribution < -0.4 is 0 Å². The van der Waals surface area contributed by atoms with Gasteiger partial charge in [0.15, 0.2) is 0 Å². The molecule has 2 aromatic rings. The molecule has 4 nitrogen and oxygen atoms in total. The molecule has 0 spiro atoms. The maximum Gasteiger partial charge on any atom is 0.309 e. The topological polar surface area (TPSA) is 53.4 Å². The summed E-state index contributed by atoms with van der Waals surface area (Å²) in [7, 11) is 0. The van der Waals surface area contributed by atoms with Crippen LogP contribution in [-0.2, 0) is 11.3 Å². The second kappa shape index (κ2) is 6.28. The van der Waals surface area contributed by atoms with Gasteiger partial charge in [0, 0.05) is 24.3 Å². The van der Waals surface area contributed by atoms with Gasteiger partial charge in [-0.05, 0) is 62.7 Å². The van der Waals surface area contributed by atoms with Crippen LogP contribution in [0.25, 0.3) is 10.8 Å². The first-order valence-corrected chi connectivity index (χ1v) is 8.26. The van der Waals surface area contributed by atoms with Crippen molar-refractivity contribution in [2.24, 2.45) is 11.3 Å². The summed E-state index contributed by atoms with van der Waals surface area (Å²) in [5, 5.41) is 11.8. The minimum atomic E-state index is -0.683. The first-order valence-electron chi connectivity index (χ1n) is 8.26. The number of fused-ring (bicyclic) bond motifs is 1. The third-order valence-corrected chi connectivity index (χ3v) is 5.32. The Morgan fingerprint density at radius 1 is 1.30 bits per heavy atom. The van der Waals surface area contributed by atoms with Gasteiger partial charge < -0.3 is 5.11 Å². The van der Waals surface area contributed by atoms with Gasteiger partial charge in [0.2, 0.25) is 0 Å². The van der Waals surface area contributed by atoms with Crippen LogP contribution in [0, 0.1) is 11.3 Å². The second-order valence-corrected chi connectivity index (χ2v) is 7.09. The third kappa shape index (κ3) is 3.22. The summed E-state index contributed by atoms with van der Waals surface area (Å²) in [6, 6.07) is 8.42. The Labute approximate surface area is 137 Å². The molecule has 0 unspecified atom stereocenters. The number of carboxylic acids is 1. The molecule has 0 radical (unpaired) electrons. The Morgan fingerprint density at radius 3 is 2.74 bits per heavy atom. The summed E-state index contributed by atoms with van der Waals surface area (Å²) < 4.78 is 0. The molecule has 1 aromatic heterocycles. The molecule has 122 valence electrons. The fourth-order valence-electron chi connectivity index (χ4n) is 3.56. The first-order chi connectivity index (χ1) is 11.0. The highest BCUT2D eigenvalue weighted by Crippen LogP contribution is 2.35. The van der Waals surface area contributed by atoms with Crippen molar-refractivity contribution in [3.8, 4) is 0 Å². The van der Waals surface area contributed by atoms with E-state index in [1.807, 2.05) is 26.2 Å². The van der Waals surface area contributed by atoms with E-state index in [9.17, 15) is 9.90 Å². The average molecular weight is 312 g/mol. The summed E-state index contributed by atoms with van der Waals surface area (Å²) in [5.74, 6) is -0.425. The highest BCUT2D eigenvalue weighted by Gasteiger charge is 2.38. The largest absolute Gasteiger partial charge is 0.481 e. The second-order valence-electron chi connectivity index (χ2n) is 7.09. The number of piperidine rings is 1. The molecule has 1 saturated heterocycles. The van der Waals surface area contributed by atoms with Gasteiger partial charge in [-0.2, -0.15) is 0 Å². The van der Waals surface area contributed by atoms with Crippen molar-refractivity contribution in [2.75, 3.05) is 13.1 Å². The average Bonchev–Trinajstić information content (AvgIpc) is 2.55. The van der Waals surface area contributed by atoms with Crippen LogP contribution in [0.3, 0.4) is 0 Å². The smallest absolute Gasteiger partial charge is 0.309 e. The molecule has 2 heterocycles. The van der Waals surface area contributed by atoms with Crippen molar-refractivity contribution in [1.29, 1.82) is 0 Å². The monoisotopic (exact) mass is 312 g/mol. The SMILES string of the molecule is CC(C)(C(=O)O)C1CCN(Cc2cccc3cnccc23)CC1. The van der Waals surface area contributed by atoms with E-state index in [2.05, 4.69) is 34.1 Å². The lowest BCUT2D eigenvalue weighted by Gasteiger charge is -2.38. The number of pyridine rings is 1. The summed E-state index contributed by atoms with van der Waals surface area (Å²) >= 11 is 0. The van der Waals surface area contributed by atoms with Crippen LogP contribution in [0.1, 0.15) is 32.3 Å². The summed E-state index contributed by atoms with van der Waals surface area (Å²) in [4.78, 5) is 18.0. The van der Waals surface area contributed by atoms with E-state index in [1.54, 1.807) is 0 Å². The lowest BCUT2D eigenvalue weighted by molar-refractivity contribution is -0.151. The predicted molar refractivity (Wildman–Crippen MR) is 91.2 cm³/mol. The zero-order valence-electron chi connectivity index (χ0n) is 13.8. The van der Waals surface area contributed by atoms with Crippen molar-refractivity contribution in [3.05, 3.63) is 42.2 Å². The quantitative estimate of drug-likeness (QED) is 0.938. The van der Waals surface area contributed by atoms with Gasteiger partial charge in [0.25, 0.3) is 0 Å². The van der Waals surface area contributed by atoms with E-state index in [0.29, 0.717) is 0 Å². The third-order valence-electron chi connectivity index (χ3n) is 5.32. The first kappa shape index (κ1) is 15.9. The molecule has 0 aliphatic carbocycles. The lowest BCUT2D eigenvalue weighted by Crippen LogP contribution is -2.41. The van der Waals surface area contributed by atoms with Crippen LogP contribution in [0.4, 0.5) is 0 Å². The van der Waals surface area contributed by atoms with Crippen molar-refractivity contribution in [3.63, 3.8) is 0 Å². The summed E-state index contributed by atoms with van der Waals surface area (Å²) in [5.41, 5.74) is 0.692. The Hall–Kier alpha value is -1.94. The Morgan fingerprint density at radius 2 is 2.04 bits per heavy atom. The van der Waals surface area contributed by atoms with Crippen LogP contribution in [0.5, 0.6) is 0 Å². The van der Waals surface area contributed by atoms with Gasteiger partial charge in [-0.15, -0.1) is 0 Å². The molecule has 3 rings (SSSR count). The zero-order valence-corrected chi connectivity index (χ0v) is 13.8. The number of carbonyl (C=O) groups is 1. The van der Waals surface area contributed by atoms with Crippen LogP contribution in [0.2, 0.25) is 0 Å². The molecular formula is C19H24N2O2. The maximum absolute atomic E-state index is 11.4. The fourth-order valence-corrected chi connectivity index (χ4v) is 3.56. The molecule has 1 aromatic carbocycles. The number of likely N-dealkylation sites (tertiary alicyclic amines) is 1. The van der Waals surface area contributed by atoms with E-state index in [4.69, 9.17) is 0 Å². The van der Waals surface area contributed by atoms with Gasteiger partial charge in [-0.1, -0.05) is 18.2 Å². The van der Waals surface area contributed by atoms with E-state index >= 15 is 0 Å². The number of carboxylic acid groups (broad SMARTS) is 1. The number of rotatable bonds is 4. The number of benzene rings is 1. The summed E-state index contributed by atoms with van der Waals surface area (Å²) in [6.45, 7) is 6.55. The molecule has 4 heteroatoms. The van der Waals surface area contributed by atoms with Gasteiger partial charge in [-0.3, -0.25) is 14.7 Å². The molecule has 1 aliphatic heterocycles. The van der Waals surface area contributed by atoms with Crippen molar-refractivity contribution in [1.82, 2.24) is 9.88 Å². The molecule has 1 N–H and O–H groups in total. The van der Waals surface area contributed by atoms with Crippen LogP contribution >= 0.6 is 0 Å². The number of aromatic nitrogens is 1. The zero-order chi connectivity index (χ0) is 16.4. The Kier molecular flexibility index (Phi) is 4.35. The van der Waals surface area contributed by atoms with E-state index in [1.165, 1.54) is 16.3 Å². The highest BCUT2D eigenvalue weighted by molar-refractivity contribution is 5.84. The Balaban J connectivity index is 1.68. The number of hydrogen-bond donors (Lipinski definition) is 1. The van der Waals surface area contributed by atoms with E-state index in [0.717, 1.165) is 32.5 Å². The van der Waals surface area contributed by atoms with Crippen LogP contribution in [0.15, 0.2) is 36.7 Å². The summed E-state index contributed by atoms with van der Waals surface area (Å²) in [6.07, 6.45) is 5.64. The maximum atomic E-state index is 11.4. The molecule has 1 fully saturated rings. The van der Waals surface area contributed by atoms with E-state index < -0.39 is 11.4 Å². The van der Waals surface area contributed by atoms with Crippen molar-refractivity contribution >= 4 is 16.7 Å². The molecule has 0 bridgehead atoms. The number of hydrogen-bond acceptors (Lipinski definition) is 3. The van der Waals surface area contributed by atoms with Crippen LogP contribution in [-0.4, -0.2) is 34.0 Å². The van der Waals surface area contributed by atoms with Crippen molar-refractivity contribution < 1.29 is 9.90 Å². The van der Waals surface area contributed by atoms with Gasteiger partial charge in [0.1, 0.15) is 0 Å². The fraction of sp³-hybridized carbons (Fsp3) is 0.474. The highest BCUT2D eigenvalue weighted by atomic mass is 16.4. The molecular weight excluding hydrogens is 288 g/mol. The van der Waals surface area contributed by atoms with E-state index in [-0.39, 0.29) is 5.92 Å². The minimum absolute atomic E-state index is 0.257. The molecule has 1 aliphatic rings. The normalized spacial score (nSPS) is 17.5. The van der Waals surface area contributed by atoms with Gasteiger partial charge in [0.05, 0.1) is 5.41 Å². The molecule has 0 atom stereocenters.